The van der Waals surface area contributed by atoms with E-state index in [1.165, 1.54) is 0 Å². The number of hydrogen-bond acceptors (Lipinski definition) is 2. The van der Waals surface area contributed by atoms with Crippen LogP contribution < -0.4 is 0 Å². The van der Waals surface area contributed by atoms with E-state index in [1.807, 2.05) is 12.1 Å². The van der Waals surface area contributed by atoms with Crippen molar-refractivity contribution in [3.05, 3.63) is 47.5 Å². The molecule has 2 nitrogen and oxygen atoms in total. The number of ether oxygens (including phenoxy) is 1. The van der Waals surface area contributed by atoms with Gasteiger partial charge >= 0.3 is 5.97 Å². The van der Waals surface area contributed by atoms with Crippen molar-refractivity contribution in [2.24, 2.45) is 0 Å². The highest BCUT2D eigenvalue weighted by molar-refractivity contribution is 6.30. The van der Waals surface area contributed by atoms with Crippen molar-refractivity contribution < 1.29 is 9.53 Å². The summed E-state index contributed by atoms with van der Waals surface area (Å²) in [7, 11) is 0. The number of benzene rings is 1. The molecule has 0 fully saturated rings. The molecule has 0 saturated carbocycles. The lowest BCUT2D eigenvalue weighted by atomic mass is 9.96. The predicted molar refractivity (Wildman–Crippen MR) is 65.6 cm³/mol. The van der Waals surface area contributed by atoms with Crippen molar-refractivity contribution in [1.82, 2.24) is 0 Å². The van der Waals surface area contributed by atoms with Crippen molar-refractivity contribution in [3.8, 4) is 0 Å². The van der Waals surface area contributed by atoms with E-state index in [0.29, 0.717) is 18.1 Å². The van der Waals surface area contributed by atoms with Gasteiger partial charge in [0.05, 0.1) is 12.5 Å². The lowest BCUT2D eigenvalue weighted by Gasteiger charge is -2.14. The highest BCUT2D eigenvalue weighted by Gasteiger charge is 2.20. The minimum absolute atomic E-state index is 0.218. The first kappa shape index (κ1) is 12.8. The highest BCUT2D eigenvalue weighted by Crippen LogP contribution is 2.23. The fourth-order valence-electron chi connectivity index (χ4n) is 1.47. The van der Waals surface area contributed by atoms with Gasteiger partial charge in [-0.25, -0.2) is 0 Å². The molecule has 0 bridgehead atoms. The third-order valence-electron chi connectivity index (χ3n) is 2.25. The van der Waals surface area contributed by atoms with E-state index in [4.69, 9.17) is 16.3 Å². The van der Waals surface area contributed by atoms with Crippen molar-refractivity contribution in [1.29, 1.82) is 0 Å². The van der Waals surface area contributed by atoms with Gasteiger partial charge < -0.3 is 4.74 Å². The fourth-order valence-corrected chi connectivity index (χ4v) is 1.60. The van der Waals surface area contributed by atoms with E-state index >= 15 is 0 Å². The average Bonchev–Trinajstić information content (AvgIpc) is 2.28. The molecule has 1 rings (SSSR count). The zero-order chi connectivity index (χ0) is 12.0. The zero-order valence-corrected chi connectivity index (χ0v) is 10.0. The SMILES string of the molecule is C=CCC(C(=O)OCC)c1ccc(Cl)cc1. The van der Waals surface area contributed by atoms with Crippen LogP contribution in [0.25, 0.3) is 0 Å². The van der Waals surface area contributed by atoms with E-state index in [0.717, 1.165) is 5.56 Å². The molecular weight excluding hydrogens is 224 g/mol. The summed E-state index contributed by atoms with van der Waals surface area (Å²) in [6.07, 6.45) is 2.29. The molecule has 0 saturated heterocycles. The smallest absolute Gasteiger partial charge is 0.313 e. The van der Waals surface area contributed by atoms with Crippen molar-refractivity contribution in [3.63, 3.8) is 0 Å². The van der Waals surface area contributed by atoms with Crippen LogP contribution >= 0.6 is 11.6 Å². The van der Waals surface area contributed by atoms with Crippen LogP contribution in [-0.4, -0.2) is 12.6 Å². The van der Waals surface area contributed by atoms with Gasteiger partial charge in [-0.15, -0.1) is 6.58 Å². The van der Waals surface area contributed by atoms with Gasteiger partial charge in [0.1, 0.15) is 0 Å². The largest absolute Gasteiger partial charge is 0.466 e. The summed E-state index contributed by atoms with van der Waals surface area (Å²) in [5.74, 6) is -0.501. The van der Waals surface area contributed by atoms with Crippen molar-refractivity contribution in [2.45, 2.75) is 19.3 Å². The van der Waals surface area contributed by atoms with Crippen LogP contribution in [-0.2, 0) is 9.53 Å². The van der Waals surface area contributed by atoms with Crippen LogP contribution in [0.15, 0.2) is 36.9 Å². The molecule has 3 heteroatoms. The minimum Gasteiger partial charge on any atom is -0.466 e. The second-order valence-corrected chi connectivity index (χ2v) is 3.82. The minimum atomic E-state index is -0.283. The quantitative estimate of drug-likeness (QED) is 0.579. The molecule has 0 aliphatic heterocycles. The topological polar surface area (TPSA) is 26.3 Å². The molecule has 0 aliphatic carbocycles. The van der Waals surface area contributed by atoms with Crippen molar-refractivity contribution in [2.75, 3.05) is 6.61 Å². The average molecular weight is 239 g/mol. The van der Waals surface area contributed by atoms with Gasteiger partial charge in [0.25, 0.3) is 0 Å². The maximum absolute atomic E-state index is 11.7. The Balaban J connectivity index is 2.88. The van der Waals surface area contributed by atoms with Crippen LogP contribution in [0.5, 0.6) is 0 Å². The van der Waals surface area contributed by atoms with Crippen molar-refractivity contribution >= 4 is 17.6 Å². The molecular formula is C13H15ClO2. The number of carbonyl (C=O) groups excluding carboxylic acids is 1. The first-order valence-electron chi connectivity index (χ1n) is 5.22. The van der Waals surface area contributed by atoms with Gasteiger partial charge in [0.2, 0.25) is 0 Å². The lowest BCUT2D eigenvalue weighted by molar-refractivity contribution is -0.144. The number of hydrogen-bond donors (Lipinski definition) is 0. The van der Waals surface area contributed by atoms with Gasteiger partial charge in [0, 0.05) is 5.02 Å². The van der Waals surface area contributed by atoms with Gasteiger partial charge in [-0.2, -0.15) is 0 Å². The maximum atomic E-state index is 11.7. The summed E-state index contributed by atoms with van der Waals surface area (Å²) in [4.78, 5) is 11.7. The molecule has 0 aromatic heterocycles. The molecule has 1 atom stereocenters. The number of esters is 1. The summed E-state index contributed by atoms with van der Waals surface area (Å²) in [6, 6.07) is 7.22. The Morgan fingerprint density at radius 2 is 2.12 bits per heavy atom. The fraction of sp³-hybridized carbons (Fsp3) is 0.308. The third-order valence-corrected chi connectivity index (χ3v) is 2.50. The van der Waals surface area contributed by atoms with E-state index in [1.54, 1.807) is 25.1 Å². The normalized spacial score (nSPS) is 11.9. The number of rotatable bonds is 5. The molecule has 1 aromatic rings. The third kappa shape index (κ3) is 3.38. The van der Waals surface area contributed by atoms with E-state index < -0.39 is 0 Å². The molecule has 16 heavy (non-hydrogen) atoms. The highest BCUT2D eigenvalue weighted by atomic mass is 35.5. The molecule has 1 unspecified atom stereocenters. The Kier molecular flexibility index (Phi) is 5.06. The Morgan fingerprint density at radius 3 is 2.62 bits per heavy atom. The Labute approximate surface area is 101 Å². The Hall–Kier alpha value is -1.28. The summed E-state index contributed by atoms with van der Waals surface area (Å²) in [5.41, 5.74) is 0.905. The Bertz CT molecular complexity index is 357. The predicted octanol–water partition coefficient (Wildman–Crippen LogP) is 3.56. The molecule has 0 heterocycles. The number of carbonyl (C=O) groups is 1. The summed E-state index contributed by atoms with van der Waals surface area (Å²) < 4.78 is 5.02. The second kappa shape index (κ2) is 6.33. The molecule has 0 spiro atoms. The first-order chi connectivity index (χ1) is 7.69. The zero-order valence-electron chi connectivity index (χ0n) is 9.28. The molecule has 0 aliphatic rings. The number of halogens is 1. The summed E-state index contributed by atoms with van der Waals surface area (Å²) in [6.45, 7) is 5.84. The maximum Gasteiger partial charge on any atom is 0.313 e. The van der Waals surface area contributed by atoms with Gasteiger partial charge in [0.15, 0.2) is 0 Å². The van der Waals surface area contributed by atoms with Crippen LogP contribution in [0.1, 0.15) is 24.8 Å². The summed E-state index contributed by atoms with van der Waals surface area (Å²) in [5, 5.41) is 0.657. The van der Waals surface area contributed by atoms with Crippen LogP contribution in [0.4, 0.5) is 0 Å². The van der Waals surface area contributed by atoms with Gasteiger partial charge in [-0.3, -0.25) is 4.79 Å². The lowest BCUT2D eigenvalue weighted by Crippen LogP contribution is -2.15. The van der Waals surface area contributed by atoms with Crippen LogP contribution in [0, 0.1) is 0 Å². The van der Waals surface area contributed by atoms with E-state index in [9.17, 15) is 4.79 Å². The first-order valence-corrected chi connectivity index (χ1v) is 5.59. The summed E-state index contributed by atoms with van der Waals surface area (Å²) >= 11 is 5.80. The standard InChI is InChI=1S/C13H15ClO2/c1-3-5-12(13(15)16-4-2)10-6-8-11(14)9-7-10/h3,6-9,12H,1,4-5H2,2H3. The number of allylic oxidation sites excluding steroid dienone is 1. The molecule has 1 aromatic carbocycles. The Morgan fingerprint density at radius 1 is 1.50 bits per heavy atom. The van der Waals surface area contributed by atoms with Crippen LogP contribution in [0.3, 0.4) is 0 Å². The second-order valence-electron chi connectivity index (χ2n) is 3.38. The molecule has 0 amide bonds. The monoisotopic (exact) mass is 238 g/mol. The molecule has 0 radical (unpaired) electrons. The van der Waals surface area contributed by atoms with E-state index in [-0.39, 0.29) is 11.9 Å². The molecule has 0 N–H and O–H groups in total. The van der Waals surface area contributed by atoms with E-state index in [2.05, 4.69) is 6.58 Å². The molecule has 86 valence electrons. The van der Waals surface area contributed by atoms with Gasteiger partial charge in [-0.05, 0) is 31.0 Å². The van der Waals surface area contributed by atoms with Gasteiger partial charge in [-0.1, -0.05) is 29.8 Å². The van der Waals surface area contributed by atoms with Crippen LogP contribution in [0.2, 0.25) is 5.02 Å².